The van der Waals surface area contributed by atoms with Gasteiger partial charge in [-0.15, -0.1) is 0 Å². The number of rotatable bonds is 7. The Kier molecular flexibility index (Phi) is 6.04. The highest BCUT2D eigenvalue weighted by Gasteiger charge is 2.11. The van der Waals surface area contributed by atoms with Crippen molar-refractivity contribution in [2.24, 2.45) is 0 Å². The molecular formula is C12H17ClN2O3. The fourth-order valence-electron chi connectivity index (χ4n) is 1.57. The van der Waals surface area contributed by atoms with Crippen molar-refractivity contribution in [3.63, 3.8) is 0 Å². The summed E-state index contributed by atoms with van der Waals surface area (Å²) in [7, 11) is 1.66. The van der Waals surface area contributed by atoms with Crippen LogP contribution in [0.25, 0.3) is 0 Å². The van der Waals surface area contributed by atoms with E-state index in [9.17, 15) is 10.1 Å². The molecule has 0 bridgehead atoms. The van der Waals surface area contributed by atoms with E-state index in [0.29, 0.717) is 18.2 Å². The van der Waals surface area contributed by atoms with Gasteiger partial charge in [-0.2, -0.15) is 0 Å². The molecule has 100 valence electrons. The molecule has 1 atom stereocenters. The summed E-state index contributed by atoms with van der Waals surface area (Å²) in [5.41, 5.74) is 0.851. The first kappa shape index (κ1) is 14.9. The molecule has 6 heteroatoms. The fourth-order valence-corrected chi connectivity index (χ4v) is 1.81. The second-order valence-corrected chi connectivity index (χ2v) is 4.38. The van der Waals surface area contributed by atoms with Crippen LogP contribution in [0.4, 0.5) is 5.69 Å². The van der Waals surface area contributed by atoms with Crippen LogP contribution in [0.15, 0.2) is 18.2 Å². The normalized spacial score (nSPS) is 12.4. The van der Waals surface area contributed by atoms with Gasteiger partial charge in [-0.1, -0.05) is 18.5 Å². The van der Waals surface area contributed by atoms with Gasteiger partial charge in [0.2, 0.25) is 0 Å². The lowest BCUT2D eigenvalue weighted by Crippen LogP contribution is -2.32. The number of halogens is 1. The van der Waals surface area contributed by atoms with Crippen molar-refractivity contribution in [3.05, 3.63) is 38.9 Å². The molecule has 0 aliphatic rings. The Morgan fingerprint density at radius 3 is 2.78 bits per heavy atom. The molecule has 0 fully saturated rings. The SMILES string of the molecule is CCC(COC)NCc1ccc([N+](=O)[O-])cc1Cl. The number of nitrogens with one attached hydrogen (secondary N) is 1. The standard InChI is InChI=1S/C12H17ClN2O3/c1-3-10(8-18-2)14-7-9-4-5-11(15(16)17)6-12(9)13/h4-6,10,14H,3,7-8H2,1-2H3. The van der Waals surface area contributed by atoms with Gasteiger partial charge in [0.15, 0.2) is 0 Å². The monoisotopic (exact) mass is 272 g/mol. The van der Waals surface area contributed by atoms with Gasteiger partial charge in [0, 0.05) is 31.8 Å². The maximum atomic E-state index is 10.6. The number of nitrogens with zero attached hydrogens (tertiary/aromatic N) is 1. The first-order valence-corrected chi connectivity index (χ1v) is 6.11. The topological polar surface area (TPSA) is 64.4 Å². The highest BCUT2D eigenvalue weighted by atomic mass is 35.5. The summed E-state index contributed by atoms with van der Waals surface area (Å²) in [4.78, 5) is 10.1. The Morgan fingerprint density at radius 2 is 2.28 bits per heavy atom. The van der Waals surface area contributed by atoms with Crippen molar-refractivity contribution in [2.75, 3.05) is 13.7 Å². The molecule has 0 spiro atoms. The molecule has 0 amide bonds. The summed E-state index contributed by atoms with van der Waals surface area (Å²) >= 11 is 6.00. The summed E-state index contributed by atoms with van der Waals surface area (Å²) in [6.07, 6.45) is 0.943. The lowest BCUT2D eigenvalue weighted by Gasteiger charge is -2.16. The summed E-state index contributed by atoms with van der Waals surface area (Å²) in [6, 6.07) is 4.75. The molecule has 1 N–H and O–H groups in total. The van der Waals surface area contributed by atoms with Gasteiger partial charge in [-0.25, -0.2) is 0 Å². The summed E-state index contributed by atoms with van der Waals surface area (Å²) in [6.45, 7) is 3.26. The van der Waals surface area contributed by atoms with Crippen LogP contribution in [0.3, 0.4) is 0 Å². The van der Waals surface area contributed by atoms with Gasteiger partial charge in [-0.05, 0) is 18.1 Å². The molecule has 0 heterocycles. The number of hydrogen-bond acceptors (Lipinski definition) is 4. The maximum absolute atomic E-state index is 10.6. The van der Waals surface area contributed by atoms with Gasteiger partial charge in [0.25, 0.3) is 5.69 Å². The third kappa shape index (κ3) is 4.25. The maximum Gasteiger partial charge on any atom is 0.270 e. The number of non-ortho nitro benzene ring substituents is 1. The van der Waals surface area contributed by atoms with Crippen molar-refractivity contribution in [1.29, 1.82) is 0 Å². The molecule has 1 aromatic rings. The van der Waals surface area contributed by atoms with Crippen molar-refractivity contribution in [2.45, 2.75) is 25.9 Å². The molecule has 1 unspecified atom stereocenters. The van der Waals surface area contributed by atoms with Gasteiger partial charge in [0.05, 0.1) is 16.6 Å². The fraction of sp³-hybridized carbons (Fsp3) is 0.500. The summed E-state index contributed by atoms with van der Waals surface area (Å²) in [5.74, 6) is 0. The van der Waals surface area contributed by atoms with E-state index < -0.39 is 4.92 Å². The van der Waals surface area contributed by atoms with E-state index in [4.69, 9.17) is 16.3 Å². The molecule has 18 heavy (non-hydrogen) atoms. The lowest BCUT2D eigenvalue weighted by atomic mass is 10.1. The number of nitro benzene ring substituents is 1. The molecule has 0 saturated heterocycles. The first-order chi connectivity index (χ1) is 8.58. The van der Waals surface area contributed by atoms with E-state index in [0.717, 1.165) is 12.0 Å². The van der Waals surface area contributed by atoms with E-state index in [1.54, 1.807) is 13.2 Å². The number of benzene rings is 1. The molecule has 0 saturated carbocycles. The molecule has 0 aromatic heterocycles. The molecule has 1 rings (SSSR count). The Balaban J connectivity index is 2.65. The molecule has 0 aliphatic heterocycles. The van der Waals surface area contributed by atoms with Gasteiger partial charge in [0.1, 0.15) is 0 Å². The molecular weight excluding hydrogens is 256 g/mol. The van der Waals surface area contributed by atoms with Gasteiger partial charge < -0.3 is 10.1 Å². The van der Waals surface area contributed by atoms with Crippen LogP contribution in [0.2, 0.25) is 5.02 Å². The van der Waals surface area contributed by atoms with E-state index in [2.05, 4.69) is 12.2 Å². The highest BCUT2D eigenvalue weighted by molar-refractivity contribution is 6.31. The smallest absolute Gasteiger partial charge is 0.270 e. The minimum Gasteiger partial charge on any atom is -0.383 e. The Bertz CT molecular complexity index is 412. The Labute approximate surface area is 111 Å². The van der Waals surface area contributed by atoms with Crippen molar-refractivity contribution in [1.82, 2.24) is 5.32 Å². The highest BCUT2D eigenvalue weighted by Crippen LogP contribution is 2.22. The van der Waals surface area contributed by atoms with Crippen LogP contribution >= 0.6 is 11.6 Å². The second-order valence-electron chi connectivity index (χ2n) is 3.97. The van der Waals surface area contributed by atoms with Crippen LogP contribution < -0.4 is 5.32 Å². The Morgan fingerprint density at radius 1 is 1.56 bits per heavy atom. The summed E-state index contributed by atoms with van der Waals surface area (Å²) < 4.78 is 5.08. The van der Waals surface area contributed by atoms with Gasteiger partial charge >= 0.3 is 0 Å². The zero-order valence-electron chi connectivity index (χ0n) is 10.5. The van der Waals surface area contributed by atoms with E-state index in [-0.39, 0.29) is 11.7 Å². The van der Waals surface area contributed by atoms with Crippen LogP contribution in [0.5, 0.6) is 0 Å². The average molecular weight is 273 g/mol. The van der Waals surface area contributed by atoms with Crippen molar-refractivity contribution in [3.8, 4) is 0 Å². The number of ether oxygens (including phenoxy) is 1. The molecule has 5 nitrogen and oxygen atoms in total. The van der Waals surface area contributed by atoms with Crippen molar-refractivity contribution >= 4 is 17.3 Å². The number of hydrogen-bond donors (Lipinski definition) is 1. The average Bonchev–Trinajstić information content (AvgIpc) is 2.35. The van der Waals surface area contributed by atoms with Gasteiger partial charge in [-0.3, -0.25) is 10.1 Å². The number of nitro groups is 1. The molecule has 1 aromatic carbocycles. The van der Waals surface area contributed by atoms with E-state index in [1.807, 2.05) is 0 Å². The van der Waals surface area contributed by atoms with Crippen LogP contribution in [0.1, 0.15) is 18.9 Å². The number of methoxy groups -OCH3 is 1. The van der Waals surface area contributed by atoms with E-state index >= 15 is 0 Å². The van der Waals surface area contributed by atoms with E-state index in [1.165, 1.54) is 12.1 Å². The summed E-state index contributed by atoms with van der Waals surface area (Å²) in [5, 5.41) is 14.3. The predicted octanol–water partition coefficient (Wildman–Crippen LogP) is 2.76. The minimum absolute atomic E-state index is 0.00711. The second kappa shape index (κ2) is 7.31. The first-order valence-electron chi connectivity index (χ1n) is 5.73. The van der Waals surface area contributed by atoms with Crippen LogP contribution in [-0.4, -0.2) is 24.7 Å². The third-order valence-electron chi connectivity index (χ3n) is 2.69. The quantitative estimate of drug-likeness (QED) is 0.612. The molecule has 0 radical (unpaired) electrons. The predicted molar refractivity (Wildman–Crippen MR) is 70.9 cm³/mol. The van der Waals surface area contributed by atoms with Crippen LogP contribution in [-0.2, 0) is 11.3 Å². The zero-order chi connectivity index (χ0) is 13.5. The zero-order valence-corrected chi connectivity index (χ0v) is 11.2. The van der Waals surface area contributed by atoms with Crippen molar-refractivity contribution < 1.29 is 9.66 Å². The molecule has 0 aliphatic carbocycles. The Hall–Kier alpha value is -1.17. The van der Waals surface area contributed by atoms with Crippen LogP contribution in [0, 0.1) is 10.1 Å². The largest absolute Gasteiger partial charge is 0.383 e. The minimum atomic E-state index is -0.455. The third-order valence-corrected chi connectivity index (χ3v) is 3.04. The lowest BCUT2D eigenvalue weighted by molar-refractivity contribution is -0.384.